The number of benzene rings is 1. The van der Waals surface area contributed by atoms with Crippen molar-refractivity contribution in [2.24, 2.45) is 0 Å². The monoisotopic (exact) mass is 533 g/mol. The van der Waals surface area contributed by atoms with Crippen LogP contribution in [0.4, 0.5) is 23.4 Å². The number of nitrogens with one attached hydrogen (secondary N) is 2. The van der Waals surface area contributed by atoms with E-state index >= 15 is 0 Å². The standard InChI is InChI=1S/C25H23F4N5O4/c1-15(22(35)32-21-7-6-19(14-30-21)38-18-4-2-17(26)3-5-18)33-8-10-34(11-9-33)24(37)16-12-20(25(27,28)29)23(36)31-13-16/h2-7,12-15H,8-11H2,1H3,(H,31,36)(H,30,32,35). The maximum absolute atomic E-state index is 13.0. The fraction of sp³-hybridized carbons (Fsp3) is 0.280. The van der Waals surface area contributed by atoms with Gasteiger partial charge in [0.2, 0.25) is 5.91 Å². The van der Waals surface area contributed by atoms with Crippen LogP contribution in [0.25, 0.3) is 0 Å². The summed E-state index contributed by atoms with van der Waals surface area (Å²) in [6, 6.07) is 8.60. The third-order valence-corrected chi connectivity index (χ3v) is 6.02. The number of aromatic nitrogens is 2. The van der Waals surface area contributed by atoms with Crippen LogP contribution in [0.5, 0.6) is 11.5 Å². The Morgan fingerprint density at radius 2 is 1.71 bits per heavy atom. The van der Waals surface area contributed by atoms with Crippen molar-refractivity contribution in [1.29, 1.82) is 0 Å². The first kappa shape index (κ1) is 26.8. The normalized spacial score (nSPS) is 15.1. The molecule has 1 fully saturated rings. The molecule has 4 rings (SSSR count). The largest absolute Gasteiger partial charge is 0.456 e. The predicted molar refractivity (Wildman–Crippen MR) is 128 cm³/mol. The second-order valence-corrected chi connectivity index (χ2v) is 8.56. The number of hydrogen-bond acceptors (Lipinski definition) is 6. The van der Waals surface area contributed by atoms with E-state index in [1.807, 2.05) is 9.88 Å². The highest BCUT2D eigenvalue weighted by Crippen LogP contribution is 2.27. The SMILES string of the molecule is CC(C(=O)Nc1ccc(Oc2ccc(F)cc2)cn1)N1CCN(C(=O)c2c[nH]c(=O)c(C(F)(F)F)c2)CC1. The zero-order chi connectivity index (χ0) is 27.4. The average molecular weight is 533 g/mol. The summed E-state index contributed by atoms with van der Waals surface area (Å²) in [4.78, 5) is 46.2. The minimum Gasteiger partial charge on any atom is -0.456 e. The molecule has 1 saturated heterocycles. The van der Waals surface area contributed by atoms with Crippen LogP contribution in [0.3, 0.4) is 0 Å². The summed E-state index contributed by atoms with van der Waals surface area (Å²) in [7, 11) is 0. The lowest BCUT2D eigenvalue weighted by Gasteiger charge is -2.37. The number of rotatable bonds is 6. The van der Waals surface area contributed by atoms with Crippen molar-refractivity contribution in [3.05, 3.63) is 82.2 Å². The zero-order valence-corrected chi connectivity index (χ0v) is 20.1. The number of aromatic amines is 1. The van der Waals surface area contributed by atoms with Crippen LogP contribution in [-0.4, -0.2) is 63.8 Å². The number of nitrogens with zero attached hydrogens (tertiary/aromatic N) is 3. The van der Waals surface area contributed by atoms with Crippen LogP contribution >= 0.6 is 0 Å². The average Bonchev–Trinajstić information content (AvgIpc) is 2.90. The molecule has 3 heterocycles. The van der Waals surface area contributed by atoms with Crippen molar-refractivity contribution < 1.29 is 31.9 Å². The summed E-state index contributed by atoms with van der Waals surface area (Å²) in [5.41, 5.74) is -3.02. The molecule has 1 atom stereocenters. The fourth-order valence-electron chi connectivity index (χ4n) is 3.86. The Bertz CT molecular complexity index is 1350. The van der Waals surface area contributed by atoms with Crippen LogP contribution in [0.2, 0.25) is 0 Å². The summed E-state index contributed by atoms with van der Waals surface area (Å²) in [6.45, 7) is 2.69. The molecule has 2 amide bonds. The molecule has 0 saturated carbocycles. The Morgan fingerprint density at radius 1 is 1.05 bits per heavy atom. The third-order valence-electron chi connectivity index (χ3n) is 6.02. The lowest BCUT2D eigenvalue weighted by Crippen LogP contribution is -2.54. The first-order chi connectivity index (χ1) is 18.0. The van der Waals surface area contributed by atoms with E-state index in [2.05, 4.69) is 10.3 Å². The molecule has 1 aliphatic heterocycles. The summed E-state index contributed by atoms with van der Waals surface area (Å²) < 4.78 is 57.6. The number of hydrogen-bond donors (Lipinski definition) is 2. The molecule has 1 unspecified atom stereocenters. The number of piperazine rings is 1. The van der Waals surface area contributed by atoms with E-state index < -0.39 is 29.2 Å². The van der Waals surface area contributed by atoms with Gasteiger partial charge in [0.25, 0.3) is 11.5 Å². The molecule has 1 aliphatic rings. The Labute approximate surface area is 214 Å². The van der Waals surface area contributed by atoms with E-state index in [9.17, 15) is 31.9 Å². The van der Waals surface area contributed by atoms with Gasteiger partial charge in [0.1, 0.15) is 28.7 Å². The van der Waals surface area contributed by atoms with Crippen LogP contribution < -0.4 is 15.6 Å². The lowest BCUT2D eigenvalue weighted by molar-refractivity contribution is -0.138. The molecule has 200 valence electrons. The highest BCUT2D eigenvalue weighted by atomic mass is 19.4. The van der Waals surface area contributed by atoms with E-state index in [0.29, 0.717) is 36.5 Å². The van der Waals surface area contributed by atoms with Gasteiger partial charge in [0, 0.05) is 32.4 Å². The van der Waals surface area contributed by atoms with E-state index in [1.54, 1.807) is 19.1 Å². The third kappa shape index (κ3) is 6.35. The minimum absolute atomic E-state index is 0.185. The number of ether oxygens (including phenoxy) is 1. The zero-order valence-electron chi connectivity index (χ0n) is 20.1. The lowest BCUT2D eigenvalue weighted by atomic mass is 10.1. The summed E-state index contributed by atoms with van der Waals surface area (Å²) in [5, 5.41) is 2.71. The van der Waals surface area contributed by atoms with Crippen molar-refractivity contribution >= 4 is 17.6 Å². The summed E-state index contributed by atoms with van der Waals surface area (Å²) in [5.74, 6) is -0.244. The molecule has 0 radical (unpaired) electrons. The van der Waals surface area contributed by atoms with Gasteiger partial charge in [-0.25, -0.2) is 9.37 Å². The highest BCUT2D eigenvalue weighted by Gasteiger charge is 2.35. The van der Waals surface area contributed by atoms with Gasteiger partial charge < -0.3 is 19.9 Å². The quantitative estimate of drug-likeness (QED) is 0.470. The van der Waals surface area contributed by atoms with Crippen molar-refractivity contribution in [3.63, 3.8) is 0 Å². The smallest absolute Gasteiger partial charge is 0.421 e. The topological polar surface area (TPSA) is 108 Å². The van der Waals surface area contributed by atoms with E-state index in [4.69, 9.17) is 4.74 Å². The first-order valence-electron chi connectivity index (χ1n) is 11.5. The van der Waals surface area contributed by atoms with Gasteiger partial charge in [-0.3, -0.25) is 19.3 Å². The first-order valence-corrected chi connectivity index (χ1v) is 11.5. The summed E-state index contributed by atoms with van der Waals surface area (Å²) >= 11 is 0. The van der Waals surface area contributed by atoms with Gasteiger partial charge in [-0.15, -0.1) is 0 Å². The molecule has 2 aromatic heterocycles. The van der Waals surface area contributed by atoms with Crippen LogP contribution in [0, 0.1) is 5.82 Å². The number of carbonyl (C=O) groups is 2. The van der Waals surface area contributed by atoms with Gasteiger partial charge in [0.05, 0.1) is 17.8 Å². The number of amides is 2. The Balaban J connectivity index is 1.30. The van der Waals surface area contributed by atoms with Gasteiger partial charge in [0.15, 0.2) is 0 Å². The molecular formula is C25H23F4N5O4. The Kier molecular flexibility index (Phi) is 7.76. The van der Waals surface area contributed by atoms with Crippen molar-refractivity contribution in [2.75, 3.05) is 31.5 Å². The molecule has 38 heavy (non-hydrogen) atoms. The van der Waals surface area contributed by atoms with Gasteiger partial charge in [-0.05, 0) is 49.4 Å². The fourth-order valence-corrected chi connectivity index (χ4v) is 3.86. The van der Waals surface area contributed by atoms with E-state index in [0.717, 1.165) is 6.20 Å². The van der Waals surface area contributed by atoms with Crippen molar-refractivity contribution in [1.82, 2.24) is 19.8 Å². The molecule has 0 aliphatic carbocycles. The number of carbonyl (C=O) groups excluding carboxylic acids is 2. The van der Waals surface area contributed by atoms with Crippen molar-refractivity contribution in [2.45, 2.75) is 19.1 Å². The van der Waals surface area contributed by atoms with Crippen LogP contribution in [0.15, 0.2) is 59.7 Å². The molecule has 9 nitrogen and oxygen atoms in total. The molecule has 0 spiro atoms. The molecule has 3 aromatic rings. The van der Waals surface area contributed by atoms with Gasteiger partial charge in [-0.1, -0.05) is 0 Å². The number of alkyl halides is 3. The second kappa shape index (κ2) is 11.0. The number of halogens is 4. The molecule has 1 aromatic carbocycles. The van der Waals surface area contributed by atoms with Gasteiger partial charge >= 0.3 is 6.18 Å². The maximum atomic E-state index is 13.0. The van der Waals surface area contributed by atoms with Gasteiger partial charge in [-0.2, -0.15) is 13.2 Å². The predicted octanol–water partition coefficient (Wildman–Crippen LogP) is 3.51. The maximum Gasteiger partial charge on any atom is 0.421 e. The molecular weight excluding hydrogens is 510 g/mol. The molecule has 2 N–H and O–H groups in total. The van der Waals surface area contributed by atoms with Crippen molar-refractivity contribution in [3.8, 4) is 11.5 Å². The Hall–Kier alpha value is -4.26. The summed E-state index contributed by atoms with van der Waals surface area (Å²) in [6.07, 6.45) is -2.50. The molecule has 13 heteroatoms. The number of H-pyrrole nitrogens is 1. The molecule has 0 bridgehead atoms. The highest BCUT2D eigenvalue weighted by molar-refractivity contribution is 5.95. The minimum atomic E-state index is -4.88. The van der Waals surface area contributed by atoms with E-state index in [1.165, 1.54) is 35.4 Å². The Morgan fingerprint density at radius 3 is 2.32 bits per heavy atom. The number of anilines is 1. The second-order valence-electron chi connectivity index (χ2n) is 8.56. The van der Waals surface area contributed by atoms with Crippen LogP contribution in [-0.2, 0) is 11.0 Å². The number of pyridine rings is 2. The van der Waals surface area contributed by atoms with Crippen LogP contribution in [0.1, 0.15) is 22.8 Å². The van der Waals surface area contributed by atoms with E-state index in [-0.39, 0.29) is 30.4 Å².